The Bertz CT molecular complexity index is 237. The number of halogens is 1. The zero-order valence-corrected chi connectivity index (χ0v) is 10.6. The van der Waals surface area contributed by atoms with Gasteiger partial charge in [0.05, 0.1) is 0 Å². The van der Waals surface area contributed by atoms with Crippen LogP contribution in [0.3, 0.4) is 0 Å². The highest BCUT2D eigenvalue weighted by molar-refractivity contribution is 14.1. The Balaban J connectivity index is 1.65. The summed E-state index contributed by atoms with van der Waals surface area (Å²) in [6, 6.07) is 0. The van der Waals surface area contributed by atoms with Gasteiger partial charge in [0.15, 0.2) is 5.78 Å². The summed E-state index contributed by atoms with van der Waals surface area (Å²) in [5, 5.41) is 0. The molecule has 0 radical (unpaired) electrons. The van der Waals surface area contributed by atoms with Crippen LogP contribution < -0.4 is 0 Å². The Hall–Kier alpha value is 0.140. The van der Waals surface area contributed by atoms with Crippen molar-refractivity contribution in [3.05, 3.63) is 10.2 Å². The van der Waals surface area contributed by atoms with Crippen LogP contribution in [0, 0.1) is 17.8 Å². The molecule has 2 aliphatic carbocycles. The first-order valence-corrected chi connectivity index (χ1v) is 6.84. The third-order valence-corrected chi connectivity index (χ3v) is 4.12. The van der Waals surface area contributed by atoms with E-state index in [0.29, 0.717) is 11.7 Å². The molecule has 0 spiro atoms. The first kappa shape index (κ1) is 10.7. The number of hydrogen-bond donors (Lipinski definition) is 0. The maximum absolute atomic E-state index is 11.4. The lowest BCUT2D eigenvalue weighted by Crippen LogP contribution is -2.31. The maximum Gasteiger partial charge on any atom is 0.159 e. The van der Waals surface area contributed by atoms with Crippen LogP contribution >= 0.6 is 22.6 Å². The zero-order chi connectivity index (χ0) is 9.97. The van der Waals surface area contributed by atoms with Crippen molar-refractivity contribution in [3.63, 3.8) is 0 Å². The molecular formula is C12H17IO. The van der Waals surface area contributed by atoms with E-state index in [1.165, 1.54) is 25.7 Å². The van der Waals surface area contributed by atoms with Gasteiger partial charge < -0.3 is 0 Å². The van der Waals surface area contributed by atoms with Crippen molar-refractivity contribution >= 4 is 28.4 Å². The Morgan fingerprint density at radius 3 is 2.50 bits per heavy atom. The third kappa shape index (κ3) is 2.38. The highest BCUT2D eigenvalue weighted by Gasteiger charge is 2.35. The molecule has 0 saturated heterocycles. The van der Waals surface area contributed by atoms with E-state index in [1.54, 1.807) is 6.08 Å². The number of ketones is 1. The second-order valence-electron chi connectivity index (χ2n) is 4.76. The molecule has 2 heteroatoms. The molecule has 2 saturated carbocycles. The minimum Gasteiger partial charge on any atom is -0.295 e. The number of allylic oxidation sites excluding steroid dienone is 1. The summed E-state index contributed by atoms with van der Waals surface area (Å²) >= 11 is 2.12. The summed E-state index contributed by atoms with van der Waals surface area (Å²) in [5.74, 6) is 2.60. The number of carbonyl (C=O) groups excluding carboxylic acids is 1. The van der Waals surface area contributed by atoms with Crippen LogP contribution in [0.2, 0.25) is 0 Å². The van der Waals surface area contributed by atoms with Gasteiger partial charge in [-0.25, -0.2) is 0 Å². The Morgan fingerprint density at radius 1 is 1.29 bits per heavy atom. The van der Waals surface area contributed by atoms with Gasteiger partial charge in [-0.3, -0.25) is 4.79 Å². The molecule has 0 aromatic carbocycles. The van der Waals surface area contributed by atoms with Crippen LogP contribution in [-0.4, -0.2) is 5.78 Å². The predicted octanol–water partition coefficient (Wildman–Crippen LogP) is 3.72. The molecule has 2 aliphatic rings. The van der Waals surface area contributed by atoms with Gasteiger partial charge in [-0.05, 0) is 41.3 Å². The van der Waals surface area contributed by atoms with Crippen molar-refractivity contribution in [2.45, 2.75) is 38.5 Å². The minimum atomic E-state index is 0.351. The molecule has 0 aromatic rings. The fraction of sp³-hybridized carbons (Fsp3) is 0.750. The zero-order valence-electron chi connectivity index (χ0n) is 8.42. The fourth-order valence-corrected chi connectivity index (χ4v) is 2.91. The molecule has 2 rings (SSSR count). The molecule has 78 valence electrons. The summed E-state index contributed by atoms with van der Waals surface area (Å²) in [5.41, 5.74) is 0. The Morgan fingerprint density at radius 2 is 2.00 bits per heavy atom. The molecule has 0 aliphatic heterocycles. The molecule has 0 atom stereocenters. The van der Waals surface area contributed by atoms with E-state index in [9.17, 15) is 4.79 Å². The second kappa shape index (κ2) is 4.77. The first-order chi connectivity index (χ1) is 6.79. The van der Waals surface area contributed by atoms with E-state index in [1.807, 2.05) is 4.08 Å². The molecule has 14 heavy (non-hydrogen) atoms. The molecule has 1 nitrogen and oxygen atoms in total. The van der Waals surface area contributed by atoms with Crippen LogP contribution in [0.1, 0.15) is 38.5 Å². The van der Waals surface area contributed by atoms with E-state index < -0.39 is 0 Å². The third-order valence-electron chi connectivity index (χ3n) is 3.76. The van der Waals surface area contributed by atoms with Crippen LogP contribution in [0.25, 0.3) is 0 Å². The van der Waals surface area contributed by atoms with Crippen LogP contribution in [0.4, 0.5) is 0 Å². The van der Waals surface area contributed by atoms with E-state index in [-0.39, 0.29) is 0 Å². The van der Waals surface area contributed by atoms with Crippen LogP contribution in [-0.2, 0) is 4.79 Å². The standard InChI is InChI=1S/C12H17IO/c13-5-4-12(14)11-7-10(8-11)6-9-2-1-3-9/h4-5,9-11H,1-3,6-8H2/b5-4+. The Kier molecular flexibility index (Phi) is 3.63. The molecule has 0 unspecified atom stereocenters. The quantitative estimate of drug-likeness (QED) is 0.571. The highest BCUT2D eigenvalue weighted by Crippen LogP contribution is 2.43. The summed E-state index contributed by atoms with van der Waals surface area (Å²) < 4.78 is 1.83. The number of carbonyl (C=O) groups is 1. The molecule has 0 heterocycles. The summed E-state index contributed by atoms with van der Waals surface area (Å²) in [4.78, 5) is 11.4. The highest BCUT2D eigenvalue weighted by atomic mass is 127. The minimum absolute atomic E-state index is 0.351. The number of rotatable bonds is 4. The average molecular weight is 304 g/mol. The van der Waals surface area contributed by atoms with E-state index in [0.717, 1.165) is 24.7 Å². The van der Waals surface area contributed by atoms with Gasteiger partial charge in [0.2, 0.25) is 0 Å². The molecule has 0 aromatic heterocycles. The lowest BCUT2D eigenvalue weighted by atomic mass is 9.66. The fourth-order valence-electron chi connectivity index (χ4n) is 2.56. The van der Waals surface area contributed by atoms with Gasteiger partial charge in [-0.1, -0.05) is 41.9 Å². The maximum atomic E-state index is 11.4. The molecular weight excluding hydrogens is 287 g/mol. The normalized spacial score (nSPS) is 32.6. The smallest absolute Gasteiger partial charge is 0.159 e. The molecule has 2 fully saturated rings. The van der Waals surface area contributed by atoms with Gasteiger partial charge in [0, 0.05) is 5.92 Å². The van der Waals surface area contributed by atoms with Gasteiger partial charge in [-0.2, -0.15) is 0 Å². The van der Waals surface area contributed by atoms with Crippen molar-refractivity contribution in [1.29, 1.82) is 0 Å². The van der Waals surface area contributed by atoms with Gasteiger partial charge in [-0.15, -0.1) is 0 Å². The van der Waals surface area contributed by atoms with Crippen molar-refractivity contribution < 1.29 is 4.79 Å². The Labute approximate surface area is 99.5 Å². The second-order valence-corrected chi connectivity index (χ2v) is 5.48. The SMILES string of the molecule is O=C(/C=C/I)C1CC(CC2CCC2)C1. The summed E-state index contributed by atoms with van der Waals surface area (Å²) in [7, 11) is 0. The van der Waals surface area contributed by atoms with E-state index in [4.69, 9.17) is 0 Å². The first-order valence-electron chi connectivity index (χ1n) is 5.60. The molecule has 0 amide bonds. The predicted molar refractivity (Wildman–Crippen MR) is 66.3 cm³/mol. The summed E-state index contributed by atoms with van der Waals surface area (Å²) in [6.45, 7) is 0. The average Bonchev–Trinajstić information content (AvgIpc) is 1.98. The van der Waals surface area contributed by atoms with Crippen molar-refractivity contribution in [3.8, 4) is 0 Å². The van der Waals surface area contributed by atoms with Crippen molar-refractivity contribution in [1.82, 2.24) is 0 Å². The van der Waals surface area contributed by atoms with Crippen LogP contribution in [0.15, 0.2) is 10.2 Å². The van der Waals surface area contributed by atoms with Crippen LogP contribution in [0.5, 0.6) is 0 Å². The van der Waals surface area contributed by atoms with Gasteiger partial charge in [0.1, 0.15) is 0 Å². The monoisotopic (exact) mass is 304 g/mol. The van der Waals surface area contributed by atoms with Crippen molar-refractivity contribution in [2.24, 2.45) is 17.8 Å². The lowest BCUT2D eigenvalue weighted by Gasteiger charge is -2.38. The molecule has 0 bridgehead atoms. The topological polar surface area (TPSA) is 17.1 Å². The van der Waals surface area contributed by atoms with Crippen molar-refractivity contribution in [2.75, 3.05) is 0 Å². The lowest BCUT2D eigenvalue weighted by molar-refractivity contribution is -0.122. The number of hydrogen-bond acceptors (Lipinski definition) is 1. The van der Waals surface area contributed by atoms with Gasteiger partial charge >= 0.3 is 0 Å². The molecule has 0 N–H and O–H groups in total. The largest absolute Gasteiger partial charge is 0.295 e. The summed E-state index contributed by atoms with van der Waals surface area (Å²) in [6.07, 6.45) is 9.79. The van der Waals surface area contributed by atoms with E-state index >= 15 is 0 Å². The van der Waals surface area contributed by atoms with E-state index in [2.05, 4.69) is 22.6 Å². The van der Waals surface area contributed by atoms with Gasteiger partial charge in [0.25, 0.3) is 0 Å².